The molecule has 0 fully saturated rings. The first kappa shape index (κ1) is 17.9. The Bertz CT molecular complexity index is 952. The number of aromatic nitrogens is 2. The summed E-state index contributed by atoms with van der Waals surface area (Å²) in [6, 6.07) is 15.8. The summed E-state index contributed by atoms with van der Waals surface area (Å²) in [5.41, 5.74) is 1.98. The third kappa shape index (κ3) is 4.18. The zero-order valence-electron chi connectivity index (χ0n) is 14.0. The molecule has 0 atom stereocenters. The van der Waals surface area contributed by atoms with Crippen LogP contribution in [0.2, 0.25) is 0 Å². The van der Waals surface area contributed by atoms with Gasteiger partial charge in [0.05, 0.1) is 17.9 Å². The molecule has 2 aromatic carbocycles. The third-order valence-corrected chi connectivity index (χ3v) is 4.02. The lowest BCUT2D eigenvalue weighted by Gasteiger charge is -2.06. The van der Waals surface area contributed by atoms with Gasteiger partial charge in [0.1, 0.15) is 0 Å². The van der Waals surface area contributed by atoms with Crippen LogP contribution in [0.4, 0.5) is 5.69 Å². The van der Waals surface area contributed by atoms with Crippen molar-refractivity contribution in [1.82, 2.24) is 9.78 Å². The topological polar surface area (TPSA) is 73.2 Å². The fourth-order valence-electron chi connectivity index (χ4n) is 2.34. The highest BCUT2D eigenvalue weighted by molar-refractivity contribution is 9.10. The molecule has 0 unspecified atom stereocenters. The quantitative estimate of drug-likeness (QED) is 0.639. The molecule has 0 aliphatic rings. The number of halogens is 1. The van der Waals surface area contributed by atoms with Crippen molar-refractivity contribution in [3.8, 4) is 5.69 Å². The Morgan fingerprint density at radius 2 is 1.96 bits per heavy atom. The summed E-state index contributed by atoms with van der Waals surface area (Å²) in [4.78, 5) is 24.2. The standard InChI is InChI=1S/C19H16BrN3O3/c1-2-26-19(25)13-5-3-7-15(11-13)21-18(24)17-9-10-23(22-17)16-8-4-6-14(20)12-16/h3-12H,2H2,1H3,(H,21,24). The van der Waals surface area contributed by atoms with Crippen LogP contribution in [0.15, 0.2) is 65.3 Å². The van der Waals surface area contributed by atoms with Gasteiger partial charge in [0, 0.05) is 16.4 Å². The highest BCUT2D eigenvalue weighted by atomic mass is 79.9. The second-order valence-corrected chi connectivity index (χ2v) is 6.30. The summed E-state index contributed by atoms with van der Waals surface area (Å²) in [7, 11) is 0. The van der Waals surface area contributed by atoms with Crippen LogP contribution < -0.4 is 5.32 Å². The Kier molecular flexibility index (Phi) is 5.48. The fourth-order valence-corrected chi connectivity index (χ4v) is 2.73. The summed E-state index contributed by atoms with van der Waals surface area (Å²) in [6.07, 6.45) is 1.71. The number of hydrogen-bond donors (Lipinski definition) is 1. The molecule has 0 radical (unpaired) electrons. The lowest BCUT2D eigenvalue weighted by molar-refractivity contribution is 0.0526. The van der Waals surface area contributed by atoms with Gasteiger partial charge >= 0.3 is 5.97 Å². The highest BCUT2D eigenvalue weighted by Crippen LogP contribution is 2.16. The normalized spacial score (nSPS) is 10.4. The summed E-state index contributed by atoms with van der Waals surface area (Å²) < 4.78 is 7.51. The third-order valence-electron chi connectivity index (χ3n) is 3.53. The Balaban J connectivity index is 1.75. The Hall–Kier alpha value is -2.93. The first-order valence-electron chi connectivity index (χ1n) is 7.97. The number of rotatable bonds is 5. The van der Waals surface area contributed by atoms with Crippen molar-refractivity contribution in [3.63, 3.8) is 0 Å². The largest absolute Gasteiger partial charge is 0.462 e. The fraction of sp³-hybridized carbons (Fsp3) is 0.105. The number of nitrogens with zero attached hydrogens (tertiary/aromatic N) is 2. The van der Waals surface area contributed by atoms with E-state index in [0.29, 0.717) is 17.9 Å². The Morgan fingerprint density at radius 3 is 2.73 bits per heavy atom. The number of esters is 1. The van der Waals surface area contributed by atoms with Gasteiger partial charge < -0.3 is 10.1 Å². The summed E-state index contributed by atoms with van der Waals surface area (Å²) >= 11 is 3.41. The van der Waals surface area contributed by atoms with Gasteiger partial charge in [0.15, 0.2) is 5.69 Å². The van der Waals surface area contributed by atoms with Crippen LogP contribution in [0.25, 0.3) is 5.69 Å². The van der Waals surface area contributed by atoms with Crippen molar-refractivity contribution in [1.29, 1.82) is 0 Å². The van der Waals surface area contributed by atoms with E-state index in [-0.39, 0.29) is 11.6 Å². The maximum Gasteiger partial charge on any atom is 0.338 e. The van der Waals surface area contributed by atoms with Gasteiger partial charge in [-0.2, -0.15) is 5.10 Å². The molecule has 0 aliphatic carbocycles. The van der Waals surface area contributed by atoms with Crippen LogP contribution >= 0.6 is 15.9 Å². The summed E-state index contributed by atoms with van der Waals surface area (Å²) in [5.74, 6) is -0.790. The molecule has 26 heavy (non-hydrogen) atoms. The number of ether oxygens (including phenoxy) is 1. The lowest BCUT2D eigenvalue weighted by atomic mass is 10.2. The number of nitrogens with one attached hydrogen (secondary N) is 1. The lowest BCUT2D eigenvalue weighted by Crippen LogP contribution is -2.14. The Labute approximate surface area is 158 Å². The second-order valence-electron chi connectivity index (χ2n) is 5.38. The van der Waals surface area contributed by atoms with Crippen molar-refractivity contribution >= 4 is 33.5 Å². The molecule has 0 saturated heterocycles. The van der Waals surface area contributed by atoms with Gasteiger partial charge in [-0.15, -0.1) is 0 Å². The smallest absolute Gasteiger partial charge is 0.338 e. The minimum atomic E-state index is -0.428. The van der Waals surface area contributed by atoms with E-state index in [1.165, 1.54) is 0 Å². The summed E-state index contributed by atoms with van der Waals surface area (Å²) in [5, 5.41) is 7.04. The van der Waals surface area contributed by atoms with E-state index in [4.69, 9.17) is 4.74 Å². The van der Waals surface area contributed by atoms with E-state index >= 15 is 0 Å². The Morgan fingerprint density at radius 1 is 1.15 bits per heavy atom. The number of benzene rings is 2. The molecular weight excluding hydrogens is 398 g/mol. The molecule has 1 N–H and O–H groups in total. The molecule has 1 amide bonds. The van der Waals surface area contributed by atoms with Crippen molar-refractivity contribution in [2.75, 3.05) is 11.9 Å². The van der Waals surface area contributed by atoms with Gasteiger partial charge in [-0.25, -0.2) is 9.48 Å². The minimum absolute atomic E-state index is 0.270. The van der Waals surface area contributed by atoms with Crippen molar-refractivity contribution in [2.24, 2.45) is 0 Å². The molecule has 7 heteroatoms. The molecule has 3 rings (SSSR count). The monoisotopic (exact) mass is 413 g/mol. The van der Waals surface area contributed by atoms with Crippen LogP contribution in [0.1, 0.15) is 27.8 Å². The average molecular weight is 414 g/mol. The van der Waals surface area contributed by atoms with E-state index in [1.54, 1.807) is 48.1 Å². The number of anilines is 1. The minimum Gasteiger partial charge on any atom is -0.462 e. The van der Waals surface area contributed by atoms with Gasteiger partial charge in [0.2, 0.25) is 0 Å². The molecule has 0 saturated carbocycles. The molecule has 0 bridgehead atoms. The SMILES string of the molecule is CCOC(=O)c1cccc(NC(=O)c2ccn(-c3cccc(Br)c3)n2)c1. The predicted octanol–water partition coefficient (Wildman–Crippen LogP) is 4.06. The molecule has 0 aliphatic heterocycles. The van der Waals surface area contributed by atoms with E-state index < -0.39 is 5.97 Å². The average Bonchev–Trinajstić information content (AvgIpc) is 3.12. The maximum atomic E-state index is 12.4. The molecule has 1 heterocycles. The molecular formula is C19H16BrN3O3. The van der Waals surface area contributed by atoms with Gasteiger partial charge in [-0.1, -0.05) is 28.1 Å². The highest BCUT2D eigenvalue weighted by Gasteiger charge is 2.12. The van der Waals surface area contributed by atoms with E-state index in [2.05, 4.69) is 26.3 Å². The number of carbonyl (C=O) groups excluding carboxylic acids is 2. The van der Waals surface area contributed by atoms with Crippen LogP contribution in [0.5, 0.6) is 0 Å². The van der Waals surface area contributed by atoms with Gasteiger partial charge in [-0.05, 0) is 49.4 Å². The molecule has 3 aromatic rings. The van der Waals surface area contributed by atoms with Crippen molar-refractivity contribution in [3.05, 3.63) is 76.5 Å². The van der Waals surface area contributed by atoms with Gasteiger partial charge in [-0.3, -0.25) is 4.79 Å². The first-order valence-corrected chi connectivity index (χ1v) is 8.76. The second kappa shape index (κ2) is 7.97. The summed E-state index contributed by atoms with van der Waals surface area (Å²) in [6.45, 7) is 2.04. The van der Waals surface area contributed by atoms with Crippen molar-refractivity contribution < 1.29 is 14.3 Å². The zero-order chi connectivity index (χ0) is 18.5. The maximum absolute atomic E-state index is 12.4. The molecule has 6 nitrogen and oxygen atoms in total. The first-order chi connectivity index (χ1) is 12.6. The van der Waals surface area contributed by atoms with Crippen molar-refractivity contribution in [2.45, 2.75) is 6.92 Å². The predicted molar refractivity (Wildman–Crippen MR) is 102 cm³/mol. The van der Waals surface area contributed by atoms with Gasteiger partial charge in [0.25, 0.3) is 5.91 Å². The van der Waals surface area contributed by atoms with Crippen LogP contribution in [0.3, 0.4) is 0 Å². The number of amides is 1. The molecule has 132 valence electrons. The molecule has 0 spiro atoms. The van der Waals surface area contributed by atoms with Crippen LogP contribution in [-0.4, -0.2) is 28.3 Å². The number of hydrogen-bond acceptors (Lipinski definition) is 4. The van der Waals surface area contributed by atoms with Crippen LogP contribution in [-0.2, 0) is 4.74 Å². The van der Waals surface area contributed by atoms with E-state index in [1.807, 2.05) is 24.3 Å². The number of carbonyl (C=O) groups is 2. The van der Waals surface area contributed by atoms with E-state index in [0.717, 1.165) is 10.2 Å². The van der Waals surface area contributed by atoms with E-state index in [9.17, 15) is 9.59 Å². The zero-order valence-corrected chi connectivity index (χ0v) is 15.6. The van der Waals surface area contributed by atoms with Crippen LogP contribution in [0, 0.1) is 0 Å². The molecule has 1 aromatic heterocycles.